The standard InChI is InChI=1S/C20H22ClN5O2S/c1-12-7-8-26(24-11-15-4-5-17(21)29-15)20(28)16(12)9-19(27)23-10-14-3-6-18(22)25-13(14)2/h3-8,24H,9-11H2,1-2H3,(H2,22,25)(H,23,27). The summed E-state index contributed by atoms with van der Waals surface area (Å²) in [7, 11) is 0. The summed E-state index contributed by atoms with van der Waals surface area (Å²) in [5, 5.41) is 2.84. The number of aryl methyl sites for hydroxylation is 2. The SMILES string of the molecule is Cc1ccn(NCc2ccc(Cl)s2)c(=O)c1CC(=O)NCc1ccc(N)nc1C. The minimum atomic E-state index is -0.242. The van der Waals surface area contributed by atoms with Crippen LogP contribution in [0.5, 0.6) is 0 Å². The molecule has 3 aromatic rings. The van der Waals surface area contributed by atoms with Crippen LogP contribution < -0.4 is 22.0 Å². The van der Waals surface area contributed by atoms with Gasteiger partial charge in [0.2, 0.25) is 5.91 Å². The molecular weight excluding hydrogens is 410 g/mol. The number of halogens is 1. The Morgan fingerprint density at radius 3 is 2.69 bits per heavy atom. The van der Waals surface area contributed by atoms with E-state index < -0.39 is 0 Å². The molecule has 0 atom stereocenters. The number of nitrogens with one attached hydrogen (secondary N) is 2. The largest absolute Gasteiger partial charge is 0.384 e. The number of pyridine rings is 2. The first-order chi connectivity index (χ1) is 13.8. The summed E-state index contributed by atoms with van der Waals surface area (Å²) in [4.78, 5) is 30.4. The van der Waals surface area contributed by atoms with E-state index in [2.05, 4.69) is 15.7 Å². The first-order valence-electron chi connectivity index (χ1n) is 9.01. The molecule has 9 heteroatoms. The van der Waals surface area contributed by atoms with Crippen LogP contribution in [0.2, 0.25) is 4.34 Å². The minimum Gasteiger partial charge on any atom is -0.384 e. The molecule has 7 nitrogen and oxygen atoms in total. The molecular formula is C20H22ClN5O2S. The van der Waals surface area contributed by atoms with Gasteiger partial charge in [0, 0.05) is 28.9 Å². The number of hydrogen-bond acceptors (Lipinski definition) is 6. The lowest BCUT2D eigenvalue weighted by atomic mass is 10.1. The number of carbonyl (C=O) groups excluding carboxylic acids is 1. The Bertz CT molecular complexity index is 1090. The van der Waals surface area contributed by atoms with Gasteiger partial charge in [0.25, 0.3) is 5.56 Å². The number of aromatic nitrogens is 2. The highest BCUT2D eigenvalue weighted by molar-refractivity contribution is 7.16. The van der Waals surface area contributed by atoms with Crippen LogP contribution in [0.1, 0.15) is 27.3 Å². The van der Waals surface area contributed by atoms with E-state index in [0.29, 0.717) is 28.8 Å². The third-order valence-electron chi connectivity index (χ3n) is 4.51. The number of carbonyl (C=O) groups is 1. The van der Waals surface area contributed by atoms with Crippen molar-refractivity contribution in [2.75, 3.05) is 11.2 Å². The van der Waals surface area contributed by atoms with Crippen LogP contribution in [-0.2, 0) is 24.3 Å². The molecule has 3 rings (SSSR count). The number of nitrogen functional groups attached to an aromatic ring is 1. The van der Waals surface area contributed by atoms with Crippen LogP contribution in [0.25, 0.3) is 0 Å². The molecule has 3 aromatic heterocycles. The molecule has 4 N–H and O–H groups in total. The molecule has 0 radical (unpaired) electrons. The van der Waals surface area contributed by atoms with Gasteiger partial charge in [0.15, 0.2) is 0 Å². The third-order valence-corrected chi connectivity index (χ3v) is 5.74. The van der Waals surface area contributed by atoms with Crippen LogP contribution in [-0.4, -0.2) is 15.6 Å². The topological polar surface area (TPSA) is 102 Å². The molecule has 0 aliphatic heterocycles. The van der Waals surface area contributed by atoms with E-state index in [4.69, 9.17) is 17.3 Å². The van der Waals surface area contributed by atoms with Crippen molar-refractivity contribution < 1.29 is 4.79 Å². The molecule has 0 aromatic carbocycles. The van der Waals surface area contributed by atoms with Gasteiger partial charge in [0.1, 0.15) is 5.82 Å². The predicted molar refractivity (Wildman–Crippen MR) is 117 cm³/mol. The second-order valence-corrected chi connectivity index (χ2v) is 8.43. The Balaban J connectivity index is 1.66. The fourth-order valence-electron chi connectivity index (χ4n) is 2.83. The molecule has 0 aliphatic rings. The maximum absolute atomic E-state index is 12.8. The van der Waals surface area contributed by atoms with Crippen LogP contribution in [0.15, 0.2) is 41.3 Å². The van der Waals surface area contributed by atoms with Gasteiger partial charge in [-0.05, 0) is 49.2 Å². The number of nitrogens with two attached hydrogens (primary N) is 1. The fourth-order valence-corrected chi connectivity index (χ4v) is 3.85. The molecule has 0 saturated carbocycles. The highest BCUT2D eigenvalue weighted by atomic mass is 35.5. The number of nitrogens with zero attached hydrogens (tertiary/aromatic N) is 2. The fraction of sp³-hybridized carbons (Fsp3) is 0.250. The van der Waals surface area contributed by atoms with E-state index >= 15 is 0 Å². The highest BCUT2D eigenvalue weighted by Gasteiger charge is 2.13. The lowest BCUT2D eigenvalue weighted by Crippen LogP contribution is -2.34. The Hall–Kier alpha value is -2.84. The molecule has 29 heavy (non-hydrogen) atoms. The smallest absolute Gasteiger partial charge is 0.272 e. The van der Waals surface area contributed by atoms with Crippen molar-refractivity contribution in [2.24, 2.45) is 0 Å². The molecule has 0 bridgehead atoms. The lowest BCUT2D eigenvalue weighted by Gasteiger charge is -2.13. The number of anilines is 1. The van der Waals surface area contributed by atoms with E-state index in [9.17, 15) is 9.59 Å². The van der Waals surface area contributed by atoms with E-state index in [-0.39, 0.29) is 17.9 Å². The maximum atomic E-state index is 12.8. The number of rotatable bonds is 7. The first kappa shape index (κ1) is 20.9. The zero-order valence-corrected chi connectivity index (χ0v) is 17.7. The molecule has 0 spiro atoms. The Morgan fingerprint density at radius 1 is 1.21 bits per heavy atom. The van der Waals surface area contributed by atoms with Crippen LogP contribution >= 0.6 is 22.9 Å². The number of thiophene rings is 1. The van der Waals surface area contributed by atoms with Crippen molar-refractivity contribution in [3.05, 3.63) is 78.5 Å². The van der Waals surface area contributed by atoms with Crippen molar-refractivity contribution in [1.82, 2.24) is 15.0 Å². The maximum Gasteiger partial charge on any atom is 0.272 e. The van der Waals surface area contributed by atoms with Crippen molar-refractivity contribution in [3.8, 4) is 0 Å². The molecule has 0 unspecified atom stereocenters. The van der Waals surface area contributed by atoms with Gasteiger partial charge in [-0.3, -0.25) is 9.59 Å². The summed E-state index contributed by atoms with van der Waals surface area (Å²) in [5.41, 5.74) is 11.3. The summed E-state index contributed by atoms with van der Waals surface area (Å²) in [6.07, 6.45) is 1.66. The van der Waals surface area contributed by atoms with Gasteiger partial charge < -0.3 is 16.5 Å². The van der Waals surface area contributed by atoms with Crippen molar-refractivity contribution >= 4 is 34.7 Å². The summed E-state index contributed by atoms with van der Waals surface area (Å²) < 4.78 is 2.10. The average molecular weight is 432 g/mol. The zero-order chi connectivity index (χ0) is 21.0. The van der Waals surface area contributed by atoms with E-state index in [0.717, 1.165) is 21.7 Å². The monoisotopic (exact) mass is 431 g/mol. The third kappa shape index (κ3) is 5.36. The molecule has 0 aliphatic carbocycles. The van der Waals surface area contributed by atoms with Crippen molar-refractivity contribution in [2.45, 2.75) is 33.4 Å². The molecule has 0 fully saturated rings. The lowest BCUT2D eigenvalue weighted by molar-refractivity contribution is -0.120. The zero-order valence-electron chi connectivity index (χ0n) is 16.2. The van der Waals surface area contributed by atoms with E-state index in [1.165, 1.54) is 16.0 Å². The normalized spacial score (nSPS) is 10.7. The second-order valence-electron chi connectivity index (χ2n) is 6.63. The van der Waals surface area contributed by atoms with E-state index in [1.807, 2.05) is 38.1 Å². The van der Waals surface area contributed by atoms with Gasteiger partial charge in [-0.1, -0.05) is 17.7 Å². The molecule has 1 amide bonds. The second kappa shape index (κ2) is 9.11. The molecule has 3 heterocycles. The molecule has 152 valence electrons. The first-order valence-corrected chi connectivity index (χ1v) is 10.2. The summed E-state index contributed by atoms with van der Waals surface area (Å²) in [5.74, 6) is 0.208. The van der Waals surface area contributed by atoms with Crippen molar-refractivity contribution in [3.63, 3.8) is 0 Å². The van der Waals surface area contributed by atoms with Gasteiger partial charge in [-0.15, -0.1) is 11.3 Å². The Kier molecular flexibility index (Phi) is 6.56. The van der Waals surface area contributed by atoms with Crippen LogP contribution in [0.3, 0.4) is 0 Å². The highest BCUT2D eigenvalue weighted by Crippen LogP contribution is 2.21. The van der Waals surface area contributed by atoms with Crippen LogP contribution in [0, 0.1) is 13.8 Å². The quantitative estimate of drug-likeness (QED) is 0.533. The van der Waals surface area contributed by atoms with Crippen LogP contribution in [0.4, 0.5) is 5.82 Å². The molecule has 0 saturated heterocycles. The Morgan fingerprint density at radius 2 is 2.00 bits per heavy atom. The van der Waals surface area contributed by atoms with Gasteiger partial charge in [-0.2, -0.15) is 0 Å². The number of hydrogen-bond donors (Lipinski definition) is 3. The predicted octanol–water partition coefficient (Wildman–Crippen LogP) is 2.76. The number of amides is 1. The van der Waals surface area contributed by atoms with E-state index in [1.54, 1.807) is 12.3 Å². The summed E-state index contributed by atoms with van der Waals surface area (Å²) in [6, 6.07) is 9.06. The van der Waals surface area contributed by atoms with Gasteiger partial charge >= 0.3 is 0 Å². The summed E-state index contributed by atoms with van der Waals surface area (Å²) >= 11 is 7.38. The minimum absolute atomic E-state index is 0.000530. The Labute approximate surface area is 177 Å². The van der Waals surface area contributed by atoms with Crippen molar-refractivity contribution in [1.29, 1.82) is 0 Å². The van der Waals surface area contributed by atoms with Gasteiger partial charge in [0.05, 0.1) is 17.3 Å². The van der Waals surface area contributed by atoms with Gasteiger partial charge in [-0.25, -0.2) is 9.66 Å². The average Bonchev–Trinajstić information content (AvgIpc) is 3.09. The summed E-state index contributed by atoms with van der Waals surface area (Å²) in [6.45, 7) is 4.45.